The molecule has 1 rings (SSSR count). The number of amides is 4. The smallest absolute Gasteiger partial charge is 0.332 e. The summed E-state index contributed by atoms with van der Waals surface area (Å²) < 4.78 is 0. The Kier molecular flexibility index (Phi) is 3.46. The number of rotatable bonds is 4. The Morgan fingerprint density at radius 2 is 1.93 bits per heavy atom. The van der Waals surface area contributed by atoms with Crippen molar-refractivity contribution in [2.24, 2.45) is 0 Å². The molecule has 0 aliphatic carbocycles. The zero-order valence-corrected chi connectivity index (χ0v) is 8.22. The van der Waals surface area contributed by atoms with Gasteiger partial charge in [0.1, 0.15) is 0 Å². The first-order valence-electron chi connectivity index (χ1n) is 4.40. The van der Waals surface area contributed by atoms with Crippen molar-refractivity contribution in [3.63, 3.8) is 0 Å². The van der Waals surface area contributed by atoms with Crippen molar-refractivity contribution in [2.75, 3.05) is 13.1 Å². The molecule has 0 aromatic carbocycles. The van der Waals surface area contributed by atoms with Gasteiger partial charge in [-0.3, -0.25) is 10.2 Å². The van der Waals surface area contributed by atoms with Crippen LogP contribution in [0.3, 0.4) is 0 Å². The zero-order chi connectivity index (χ0) is 11.4. The summed E-state index contributed by atoms with van der Waals surface area (Å²) in [7, 11) is 0. The molecule has 1 unspecified atom stereocenters. The van der Waals surface area contributed by atoms with E-state index < -0.39 is 18.4 Å². The second-order valence-electron chi connectivity index (χ2n) is 2.95. The van der Waals surface area contributed by atoms with Gasteiger partial charge in [0.15, 0.2) is 0 Å². The van der Waals surface area contributed by atoms with Gasteiger partial charge >= 0.3 is 12.1 Å². The molecule has 0 aromatic heterocycles. The number of nitrogens with one attached hydrogen (secondary N) is 1. The molecule has 1 atom stereocenters. The highest BCUT2D eigenvalue weighted by molar-refractivity contribution is 5.96. The molecule has 0 aromatic rings. The van der Waals surface area contributed by atoms with Crippen LogP contribution < -0.4 is 5.32 Å². The molecule has 4 amide bonds. The maximum atomic E-state index is 11.7. The first-order chi connectivity index (χ1) is 7.11. The summed E-state index contributed by atoms with van der Waals surface area (Å²) in [6.45, 7) is 7.16. The maximum absolute atomic E-state index is 11.7. The lowest BCUT2D eigenvalue weighted by Crippen LogP contribution is -2.64. The number of imide groups is 1. The van der Waals surface area contributed by atoms with E-state index in [1.807, 2.05) is 0 Å². The van der Waals surface area contributed by atoms with Gasteiger partial charge in [0, 0.05) is 13.1 Å². The van der Waals surface area contributed by atoms with Gasteiger partial charge in [-0.25, -0.2) is 14.5 Å². The summed E-state index contributed by atoms with van der Waals surface area (Å²) in [5, 5.41) is 11.6. The number of hydrogen-bond donors (Lipinski definition) is 2. The minimum Gasteiger partial charge on any atom is -0.356 e. The Hall–Kier alpha value is -1.82. The largest absolute Gasteiger partial charge is 0.356 e. The van der Waals surface area contributed by atoms with Crippen LogP contribution in [0.4, 0.5) is 9.59 Å². The van der Waals surface area contributed by atoms with Gasteiger partial charge in [0.25, 0.3) is 0 Å². The topological polar surface area (TPSA) is 72.9 Å². The quantitative estimate of drug-likeness (QED) is 0.647. The van der Waals surface area contributed by atoms with Gasteiger partial charge in [-0.05, 0) is 0 Å². The molecule has 1 saturated heterocycles. The normalized spacial score (nSPS) is 21.3. The monoisotopic (exact) mass is 211 g/mol. The molecule has 6 nitrogen and oxygen atoms in total. The Morgan fingerprint density at radius 1 is 1.33 bits per heavy atom. The molecular weight excluding hydrogens is 198 g/mol. The van der Waals surface area contributed by atoms with Crippen LogP contribution in [0.15, 0.2) is 25.3 Å². The van der Waals surface area contributed by atoms with Crippen molar-refractivity contribution in [3.8, 4) is 0 Å². The van der Waals surface area contributed by atoms with Crippen LogP contribution >= 0.6 is 0 Å². The average molecular weight is 211 g/mol. The summed E-state index contributed by atoms with van der Waals surface area (Å²) in [6.07, 6.45) is 1.59. The fourth-order valence-corrected chi connectivity index (χ4v) is 1.22. The molecule has 0 spiro atoms. The van der Waals surface area contributed by atoms with E-state index in [0.29, 0.717) is 0 Å². The Bertz CT molecular complexity index is 303. The van der Waals surface area contributed by atoms with Crippen molar-refractivity contribution in [2.45, 2.75) is 6.35 Å². The van der Waals surface area contributed by atoms with Gasteiger partial charge in [-0.15, -0.1) is 13.2 Å². The highest BCUT2D eigenvalue weighted by Gasteiger charge is 2.35. The second-order valence-corrected chi connectivity index (χ2v) is 2.95. The summed E-state index contributed by atoms with van der Waals surface area (Å²) in [4.78, 5) is 25.0. The fourth-order valence-electron chi connectivity index (χ4n) is 1.22. The third-order valence-electron chi connectivity index (χ3n) is 1.91. The SMILES string of the molecule is C=CCN1C(=O)NC(O)N(CC=C)C1=O. The summed E-state index contributed by atoms with van der Waals surface area (Å²) in [6, 6.07) is -1.20. The number of aliphatic hydroxyl groups is 1. The van der Waals surface area contributed by atoms with E-state index in [1.54, 1.807) is 0 Å². The molecule has 15 heavy (non-hydrogen) atoms. The molecule has 0 radical (unpaired) electrons. The molecule has 2 N–H and O–H groups in total. The van der Waals surface area contributed by atoms with Crippen LogP contribution in [0.25, 0.3) is 0 Å². The van der Waals surface area contributed by atoms with Crippen LogP contribution in [-0.4, -0.2) is 46.4 Å². The number of nitrogens with zero attached hydrogens (tertiary/aromatic N) is 2. The number of carbonyl (C=O) groups is 2. The van der Waals surface area contributed by atoms with E-state index >= 15 is 0 Å². The lowest BCUT2D eigenvalue weighted by molar-refractivity contribution is -0.00646. The van der Waals surface area contributed by atoms with Crippen molar-refractivity contribution >= 4 is 12.1 Å². The van der Waals surface area contributed by atoms with E-state index in [9.17, 15) is 14.7 Å². The third kappa shape index (κ3) is 2.16. The van der Waals surface area contributed by atoms with Crippen molar-refractivity contribution < 1.29 is 14.7 Å². The predicted octanol–water partition coefficient (Wildman–Crippen LogP) is 0.0815. The van der Waals surface area contributed by atoms with Crippen LogP contribution in [0.2, 0.25) is 0 Å². The number of carbonyl (C=O) groups excluding carboxylic acids is 2. The minimum absolute atomic E-state index is 0.102. The Labute approximate surface area is 87.5 Å². The Balaban J connectivity index is 2.83. The Morgan fingerprint density at radius 3 is 2.47 bits per heavy atom. The first kappa shape index (κ1) is 11.3. The van der Waals surface area contributed by atoms with Crippen LogP contribution in [0.1, 0.15) is 0 Å². The third-order valence-corrected chi connectivity index (χ3v) is 1.91. The standard InChI is InChI=1S/C9H13N3O3/c1-3-5-11-7(13)10-8(14)12(6-4-2)9(11)15/h3-4,7,13H,1-2,5-6H2,(H,10,14). The molecular formula is C9H13N3O3. The van der Waals surface area contributed by atoms with Gasteiger partial charge in [0.05, 0.1) is 0 Å². The molecule has 1 heterocycles. The maximum Gasteiger partial charge on any atom is 0.332 e. The van der Waals surface area contributed by atoms with E-state index in [2.05, 4.69) is 18.5 Å². The van der Waals surface area contributed by atoms with E-state index in [-0.39, 0.29) is 13.1 Å². The molecule has 82 valence electrons. The fraction of sp³-hybridized carbons (Fsp3) is 0.333. The van der Waals surface area contributed by atoms with Crippen molar-refractivity contribution in [3.05, 3.63) is 25.3 Å². The van der Waals surface area contributed by atoms with E-state index in [4.69, 9.17) is 0 Å². The average Bonchev–Trinajstić information content (AvgIpc) is 2.19. The van der Waals surface area contributed by atoms with Crippen molar-refractivity contribution in [1.29, 1.82) is 0 Å². The van der Waals surface area contributed by atoms with E-state index in [1.165, 1.54) is 12.2 Å². The molecule has 0 saturated carbocycles. The predicted molar refractivity (Wildman–Crippen MR) is 53.7 cm³/mol. The number of hydrogen-bond acceptors (Lipinski definition) is 3. The van der Waals surface area contributed by atoms with Crippen LogP contribution in [-0.2, 0) is 0 Å². The summed E-state index contributed by atoms with van der Waals surface area (Å²) >= 11 is 0. The highest BCUT2D eigenvalue weighted by atomic mass is 16.3. The first-order valence-corrected chi connectivity index (χ1v) is 4.40. The minimum atomic E-state index is -1.30. The van der Waals surface area contributed by atoms with Gasteiger partial charge in [-0.2, -0.15) is 0 Å². The lowest BCUT2D eigenvalue weighted by Gasteiger charge is -2.37. The van der Waals surface area contributed by atoms with Crippen LogP contribution in [0.5, 0.6) is 0 Å². The highest BCUT2D eigenvalue weighted by Crippen LogP contribution is 2.08. The second kappa shape index (κ2) is 4.61. The molecule has 6 heteroatoms. The zero-order valence-electron chi connectivity index (χ0n) is 8.22. The van der Waals surface area contributed by atoms with Crippen LogP contribution in [0, 0.1) is 0 Å². The number of aliphatic hydroxyl groups excluding tert-OH is 1. The molecule has 0 bridgehead atoms. The van der Waals surface area contributed by atoms with Gasteiger partial charge in [0.2, 0.25) is 6.35 Å². The van der Waals surface area contributed by atoms with Gasteiger partial charge in [-0.1, -0.05) is 12.2 Å². The van der Waals surface area contributed by atoms with Crippen molar-refractivity contribution in [1.82, 2.24) is 15.1 Å². The molecule has 1 aliphatic heterocycles. The van der Waals surface area contributed by atoms with E-state index in [0.717, 1.165) is 9.80 Å². The molecule has 1 aliphatic rings. The lowest BCUT2D eigenvalue weighted by atomic mass is 10.4. The number of urea groups is 2. The summed E-state index contributed by atoms with van der Waals surface area (Å²) in [5.41, 5.74) is 0. The van der Waals surface area contributed by atoms with Gasteiger partial charge < -0.3 is 5.11 Å². The summed E-state index contributed by atoms with van der Waals surface area (Å²) in [5.74, 6) is 0. The molecule has 1 fully saturated rings.